The van der Waals surface area contributed by atoms with Gasteiger partial charge in [0.15, 0.2) is 0 Å². The summed E-state index contributed by atoms with van der Waals surface area (Å²) in [5.41, 5.74) is 0.833. The zero-order chi connectivity index (χ0) is 22.6. The van der Waals surface area contributed by atoms with Gasteiger partial charge in [-0.2, -0.15) is 13.2 Å². The number of anilines is 2. The van der Waals surface area contributed by atoms with Crippen LogP contribution in [0.3, 0.4) is 0 Å². The van der Waals surface area contributed by atoms with E-state index in [1.165, 1.54) is 48.5 Å². The molecule has 1 heterocycles. The number of sulfonamides is 1. The van der Waals surface area contributed by atoms with E-state index in [1.807, 2.05) is 0 Å². The first-order valence-corrected chi connectivity index (χ1v) is 11.1. The summed E-state index contributed by atoms with van der Waals surface area (Å²) in [5.74, 6) is -4.03. The van der Waals surface area contributed by atoms with Crippen LogP contribution in [-0.2, 0) is 10.0 Å². The summed E-state index contributed by atoms with van der Waals surface area (Å²) >= 11 is 0.352. The van der Waals surface area contributed by atoms with Crippen molar-refractivity contribution in [1.29, 1.82) is 0 Å². The lowest BCUT2D eigenvalue weighted by atomic mass is 10.2. The van der Waals surface area contributed by atoms with Crippen molar-refractivity contribution in [1.82, 2.24) is 4.98 Å². The quantitative estimate of drug-likeness (QED) is 0.381. The largest absolute Gasteiger partial charge is 0.322 e. The fourth-order valence-corrected chi connectivity index (χ4v) is 4.46. The number of carbonyl (C=O) groups excluding carboxylic acids is 1. The third-order valence-corrected chi connectivity index (χ3v) is 6.30. The lowest BCUT2D eigenvalue weighted by Crippen LogP contribution is -2.16. The number of hydrogen-bond acceptors (Lipinski definition) is 5. The lowest BCUT2D eigenvalue weighted by Gasteiger charge is -2.13. The Morgan fingerprint density at radius 3 is 2.35 bits per heavy atom. The molecule has 11 heteroatoms. The number of benzene rings is 2. The molecule has 0 saturated heterocycles. The first kappa shape index (κ1) is 22.6. The third-order valence-electron chi connectivity index (χ3n) is 4.06. The summed E-state index contributed by atoms with van der Waals surface area (Å²) in [6.07, 6.45) is 1.14. The molecule has 0 unspecified atom stereocenters. The van der Waals surface area contributed by atoms with Gasteiger partial charge in [0, 0.05) is 34.1 Å². The summed E-state index contributed by atoms with van der Waals surface area (Å²) in [4.78, 5) is 15.9. The summed E-state index contributed by atoms with van der Waals surface area (Å²) < 4.78 is 66.1. The molecular formula is C20H16F3N3O3S2. The molecule has 1 aromatic heterocycles. The van der Waals surface area contributed by atoms with Crippen LogP contribution < -0.4 is 10.0 Å². The van der Waals surface area contributed by atoms with Gasteiger partial charge in [-0.1, -0.05) is 17.8 Å². The molecule has 3 aromatic rings. The number of aromatic nitrogens is 1. The second-order valence-electron chi connectivity index (χ2n) is 6.31. The van der Waals surface area contributed by atoms with E-state index in [4.69, 9.17) is 0 Å². The molecule has 6 nitrogen and oxygen atoms in total. The molecule has 0 aliphatic heterocycles. The van der Waals surface area contributed by atoms with Gasteiger partial charge >= 0.3 is 0 Å². The monoisotopic (exact) mass is 467 g/mol. The molecule has 2 aromatic carbocycles. The predicted molar refractivity (Wildman–Crippen MR) is 112 cm³/mol. The molecule has 1 amide bonds. The van der Waals surface area contributed by atoms with Crippen LogP contribution in [-0.4, -0.2) is 25.1 Å². The first-order valence-electron chi connectivity index (χ1n) is 8.75. The number of thioether (sulfide) groups is 1. The first-order chi connectivity index (χ1) is 14.6. The molecule has 2 N–H and O–H groups in total. The SMILES string of the molecule is Cc1ccc(NC(=O)c2ccnc(F)c2)cc1S(=O)(=O)Nc1ccc(SC(F)F)cc1. The Labute approximate surface area is 181 Å². The molecule has 0 saturated carbocycles. The molecule has 0 bridgehead atoms. The average Bonchev–Trinajstić information content (AvgIpc) is 2.70. The third kappa shape index (κ3) is 5.98. The van der Waals surface area contributed by atoms with E-state index in [-0.39, 0.29) is 21.8 Å². The molecule has 162 valence electrons. The van der Waals surface area contributed by atoms with Crippen LogP contribution in [0.5, 0.6) is 0 Å². The van der Waals surface area contributed by atoms with Gasteiger partial charge < -0.3 is 5.32 Å². The second kappa shape index (κ2) is 9.40. The van der Waals surface area contributed by atoms with Crippen molar-refractivity contribution in [2.45, 2.75) is 22.5 Å². The number of pyridine rings is 1. The van der Waals surface area contributed by atoms with Crippen molar-refractivity contribution in [3.05, 3.63) is 77.9 Å². The highest BCUT2D eigenvalue weighted by Gasteiger charge is 2.19. The number of carbonyl (C=O) groups is 1. The minimum absolute atomic E-state index is 0.0253. The van der Waals surface area contributed by atoms with Gasteiger partial charge in [0.2, 0.25) is 5.95 Å². The van der Waals surface area contributed by atoms with Gasteiger partial charge in [-0.15, -0.1) is 0 Å². The van der Waals surface area contributed by atoms with Gasteiger partial charge in [-0.05, 0) is 55.0 Å². The van der Waals surface area contributed by atoms with Crippen molar-refractivity contribution in [2.75, 3.05) is 10.0 Å². The zero-order valence-corrected chi connectivity index (χ0v) is 17.6. The molecule has 0 radical (unpaired) electrons. The molecule has 3 rings (SSSR count). The van der Waals surface area contributed by atoms with Crippen molar-refractivity contribution in [3.63, 3.8) is 0 Å². The average molecular weight is 467 g/mol. The maximum absolute atomic E-state index is 13.2. The topological polar surface area (TPSA) is 88.2 Å². The van der Waals surface area contributed by atoms with Crippen LogP contribution in [0.4, 0.5) is 24.5 Å². The Balaban J connectivity index is 1.80. The Bertz CT molecular complexity index is 1200. The van der Waals surface area contributed by atoms with Crippen LogP contribution in [0.25, 0.3) is 0 Å². The van der Waals surface area contributed by atoms with E-state index in [2.05, 4.69) is 15.0 Å². The summed E-state index contributed by atoms with van der Waals surface area (Å²) in [6, 6.07) is 12.1. The molecule has 0 atom stereocenters. The van der Waals surface area contributed by atoms with E-state index in [0.717, 1.165) is 12.3 Å². The van der Waals surface area contributed by atoms with Gasteiger partial charge in [-0.3, -0.25) is 9.52 Å². The number of hydrogen-bond donors (Lipinski definition) is 2. The summed E-state index contributed by atoms with van der Waals surface area (Å²) in [6.45, 7) is 1.58. The van der Waals surface area contributed by atoms with Gasteiger partial charge in [0.25, 0.3) is 21.7 Å². The Morgan fingerprint density at radius 1 is 1.03 bits per heavy atom. The molecule has 31 heavy (non-hydrogen) atoms. The van der Waals surface area contributed by atoms with Gasteiger partial charge in [0.05, 0.1) is 4.90 Å². The maximum atomic E-state index is 13.2. The number of alkyl halides is 2. The number of aryl methyl sites for hydroxylation is 1. The fraction of sp³-hybridized carbons (Fsp3) is 0.100. The second-order valence-corrected chi connectivity index (χ2v) is 9.02. The van der Waals surface area contributed by atoms with Crippen LogP contribution in [0.1, 0.15) is 15.9 Å². The smallest absolute Gasteiger partial charge is 0.288 e. The Hall–Kier alpha value is -3.05. The maximum Gasteiger partial charge on any atom is 0.288 e. The molecule has 0 aliphatic rings. The van der Waals surface area contributed by atoms with E-state index >= 15 is 0 Å². The zero-order valence-electron chi connectivity index (χ0n) is 16.0. The minimum atomic E-state index is -4.04. The standard InChI is InChI=1S/C20H16F3N3O3S2/c1-12-2-3-15(25-19(27)13-8-9-24-18(21)10-13)11-17(12)31(28,29)26-14-4-6-16(7-5-14)30-20(22)23/h2-11,20,26H,1H3,(H,25,27). The van der Waals surface area contributed by atoms with Crippen molar-refractivity contribution in [3.8, 4) is 0 Å². The van der Waals surface area contributed by atoms with Crippen molar-refractivity contribution < 1.29 is 26.4 Å². The highest BCUT2D eigenvalue weighted by molar-refractivity contribution is 7.99. The van der Waals surface area contributed by atoms with E-state index < -0.39 is 27.6 Å². The molecule has 0 aliphatic carbocycles. The van der Waals surface area contributed by atoms with Crippen molar-refractivity contribution >= 4 is 39.1 Å². The van der Waals surface area contributed by atoms with Crippen LogP contribution in [0.15, 0.2) is 70.6 Å². The molecule has 0 fully saturated rings. The summed E-state index contributed by atoms with van der Waals surface area (Å²) in [7, 11) is -4.04. The van der Waals surface area contributed by atoms with Crippen molar-refractivity contribution in [2.24, 2.45) is 0 Å². The number of rotatable bonds is 7. The van der Waals surface area contributed by atoms with E-state index in [0.29, 0.717) is 22.2 Å². The number of amides is 1. The fourth-order valence-electron chi connectivity index (χ4n) is 2.63. The summed E-state index contributed by atoms with van der Waals surface area (Å²) in [5, 5.41) is 2.52. The van der Waals surface area contributed by atoms with Crippen LogP contribution in [0, 0.1) is 12.9 Å². The number of nitrogens with zero attached hydrogens (tertiary/aromatic N) is 1. The Morgan fingerprint density at radius 2 is 1.71 bits per heavy atom. The molecular weight excluding hydrogens is 451 g/mol. The van der Waals surface area contributed by atoms with Gasteiger partial charge in [-0.25, -0.2) is 13.4 Å². The van der Waals surface area contributed by atoms with Crippen LogP contribution >= 0.6 is 11.8 Å². The van der Waals surface area contributed by atoms with Crippen LogP contribution in [0.2, 0.25) is 0 Å². The number of nitrogens with one attached hydrogen (secondary N) is 2. The molecule has 0 spiro atoms. The minimum Gasteiger partial charge on any atom is -0.322 e. The Kier molecular flexibility index (Phi) is 6.86. The van der Waals surface area contributed by atoms with E-state index in [9.17, 15) is 26.4 Å². The van der Waals surface area contributed by atoms with Gasteiger partial charge in [0.1, 0.15) is 0 Å². The van der Waals surface area contributed by atoms with E-state index in [1.54, 1.807) is 6.92 Å². The lowest BCUT2D eigenvalue weighted by molar-refractivity contribution is 0.102. The number of halogens is 3. The predicted octanol–water partition coefficient (Wildman–Crippen LogP) is 4.90. The highest BCUT2D eigenvalue weighted by Crippen LogP contribution is 2.28. The highest BCUT2D eigenvalue weighted by atomic mass is 32.2. The normalized spacial score (nSPS) is 11.4.